The van der Waals surface area contributed by atoms with E-state index in [4.69, 9.17) is 0 Å². The molecule has 0 aromatic carbocycles. The summed E-state index contributed by atoms with van der Waals surface area (Å²) < 4.78 is 0. The highest BCUT2D eigenvalue weighted by molar-refractivity contribution is 4.63. The van der Waals surface area contributed by atoms with Crippen LogP contribution < -0.4 is 0 Å². The Hall–Kier alpha value is 0. The number of unbranched alkanes of at least 4 members (excludes halogenated alkanes) is 15. The van der Waals surface area contributed by atoms with Crippen LogP contribution in [0.4, 0.5) is 0 Å². The molecule has 0 aliphatic heterocycles. The van der Waals surface area contributed by atoms with Crippen molar-refractivity contribution in [3.05, 3.63) is 0 Å². The normalized spacial score (nSPS) is 19.1. The van der Waals surface area contributed by atoms with E-state index < -0.39 is 0 Å². The molecular weight excluding hydrogens is 480 g/mol. The van der Waals surface area contributed by atoms with E-state index in [1.807, 2.05) is 0 Å². The van der Waals surface area contributed by atoms with Crippen LogP contribution in [-0.2, 0) is 0 Å². The molecule has 0 bridgehead atoms. The topological polar surface area (TPSA) is 0 Å². The quantitative estimate of drug-likeness (QED) is 0.155. The lowest BCUT2D eigenvalue weighted by Gasteiger charge is -2.17. The van der Waals surface area contributed by atoms with E-state index >= 15 is 0 Å². The minimum atomic E-state index is 1.05. The molecule has 40 heavy (non-hydrogen) atoms. The first-order chi connectivity index (χ1) is 19.9. The maximum atomic E-state index is 2.32. The highest BCUT2D eigenvalue weighted by Crippen LogP contribution is 2.25. The molecule has 0 heterocycles. The molecule has 0 N–H and O–H groups in total. The Bertz CT molecular complexity index is 417. The fourth-order valence-corrected chi connectivity index (χ4v) is 7.29. The van der Waals surface area contributed by atoms with E-state index in [-0.39, 0.29) is 0 Å². The number of hydrogen-bond donors (Lipinski definition) is 0. The van der Waals surface area contributed by atoms with E-state index in [0.717, 1.165) is 5.92 Å². The van der Waals surface area contributed by atoms with E-state index in [0.29, 0.717) is 0 Å². The van der Waals surface area contributed by atoms with Crippen LogP contribution in [0, 0.1) is 5.92 Å². The zero-order valence-corrected chi connectivity index (χ0v) is 28.4. The second kappa shape index (κ2) is 33.5. The third-order valence-electron chi connectivity index (χ3n) is 10.2. The van der Waals surface area contributed by atoms with Crippen molar-refractivity contribution in [3.63, 3.8) is 0 Å². The van der Waals surface area contributed by atoms with Gasteiger partial charge in [-0.3, -0.25) is 0 Å². The van der Waals surface area contributed by atoms with Gasteiger partial charge in [-0.2, -0.15) is 0 Å². The first kappa shape index (κ1) is 38.0. The van der Waals surface area contributed by atoms with Gasteiger partial charge in [-0.25, -0.2) is 0 Å². The van der Waals surface area contributed by atoms with Gasteiger partial charge in [0.15, 0.2) is 0 Å². The molecule has 0 amide bonds. The van der Waals surface area contributed by atoms with Crippen molar-refractivity contribution in [1.82, 2.24) is 0 Å². The smallest absolute Gasteiger partial charge is 0.0414 e. The van der Waals surface area contributed by atoms with E-state index in [9.17, 15) is 0 Å². The molecule has 240 valence electrons. The van der Waals surface area contributed by atoms with Gasteiger partial charge in [0, 0.05) is 0 Å². The van der Waals surface area contributed by atoms with Gasteiger partial charge in [-0.15, -0.1) is 0 Å². The Morgan fingerprint density at radius 3 is 0.775 bits per heavy atom. The van der Waals surface area contributed by atoms with E-state index in [1.54, 1.807) is 19.3 Å². The molecule has 0 aromatic rings. The Labute approximate surface area is 256 Å². The summed E-state index contributed by atoms with van der Waals surface area (Å²) in [6.45, 7) is 2.32. The molecular formula is C40H80. The highest BCUT2D eigenvalue weighted by Gasteiger charge is 2.09. The Morgan fingerprint density at radius 2 is 0.500 bits per heavy atom. The third kappa shape index (κ3) is 29.5. The Morgan fingerprint density at radius 1 is 0.275 bits per heavy atom. The largest absolute Gasteiger partial charge is 0.0654 e. The fourth-order valence-electron chi connectivity index (χ4n) is 7.29. The molecule has 0 unspecified atom stereocenters. The van der Waals surface area contributed by atoms with Gasteiger partial charge in [0.1, 0.15) is 0 Å². The summed E-state index contributed by atoms with van der Waals surface area (Å²) in [4.78, 5) is 0. The zero-order valence-electron chi connectivity index (χ0n) is 28.4. The first-order valence-electron chi connectivity index (χ1n) is 19.9. The zero-order chi connectivity index (χ0) is 28.4. The van der Waals surface area contributed by atoms with E-state index in [2.05, 4.69) is 6.92 Å². The standard InChI is InChI=1S/C40H80/c1-2-3-4-5-6-7-8-9-10-16-19-22-25-28-31-34-37-40-38-35-32-29-26-23-20-17-14-12-11-13-15-18-21-24-27-30-33-36-39-40/h40H,2-39H2,1H3. The Balaban J connectivity index is 2.05. The van der Waals surface area contributed by atoms with Gasteiger partial charge in [0.2, 0.25) is 0 Å². The molecule has 0 atom stereocenters. The van der Waals surface area contributed by atoms with Crippen LogP contribution in [-0.4, -0.2) is 0 Å². The van der Waals surface area contributed by atoms with Crippen LogP contribution in [0.15, 0.2) is 0 Å². The first-order valence-corrected chi connectivity index (χ1v) is 19.9. The average Bonchev–Trinajstić information content (AvgIpc) is 2.96. The monoisotopic (exact) mass is 561 g/mol. The van der Waals surface area contributed by atoms with Crippen LogP contribution in [0.2, 0.25) is 0 Å². The lowest BCUT2D eigenvalue weighted by atomic mass is 9.89. The molecule has 1 saturated carbocycles. The maximum Gasteiger partial charge on any atom is -0.0414 e. The van der Waals surface area contributed by atoms with Gasteiger partial charge in [0.05, 0.1) is 0 Å². The molecule has 1 rings (SSSR count). The van der Waals surface area contributed by atoms with Crippen molar-refractivity contribution in [2.75, 3.05) is 0 Å². The van der Waals surface area contributed by atoms with Gasteiger partial charge < -0.3 is 0 Å². The van der Waals surface area contributed by atoms with Crippen LogP contribution in [0.1, 0.15) is 251 Å². The second-order valence-electron chi connectivity index (χ2n) is 14.3. The van der Waals surface area contributed by atoms with Gasteiger partial charge in [-0.1, -0.05) is 251 Å². The minimum absolute atomic E-state index is 1.05. The van der Waals surface area contributed by atoms with E-state index in [1.165, 1.54) is 225 Å². The summed E-state index contributed by atoms with van der Waals surface area (Å²) in [6.07, 6.45) is 57.0. The summed E-state index contributed by atoms with van der Waals surface area (Å²) in [5.41, 5.74) is 0. The highest BCUT2D eigenvalue weighted by atomic mass is 14.1. The van der Waals surface area contributed by atoms with Crippen molar-refractivity contribution in [1.29, 1.82) is 0 Å². The van der Waals surface area contributed by atoms with Crippen molar-refractivity contribution in [3.8, 4) is 0 Å². The summed E-state index contributed by atoms with van der Waals surface area (Å²) >= 11 is 0. The third-order valence-corrected chi connectivity index (χ3v) is 10.2. The van der Waals surface area contributed by atoms with Crippen LogP contribution in [0.3, 0.4) is 0 Å². The Kier molecular flexibility index (Phi) is 31.8. The molecule has 0 aromatic heterocycles. The maximum absolute atomic E-state index is 2.32. The minimum Gasteiger partial charge on any atom is -0.0654 e. The van der Waals surface area contributed by atoms with Gasteiger partial charge in [-0.05, 0) is 5.92 Å². The average molecular weight is 561 g/mol. The second-order valence-corrected chi connectivity index (χ2v) is 14.3. The molecule has 0 nitrogen and oxygen atoms in total. The lowest BCUT2D eigenvalue weighted by molar-refractivity contribution is 0.365. The fraction of sp³-hybridized carbons (Fsp3) is 1.00. The molecule has 1 aliphatic carbocycles. The van der Waals surface area contributed by atoms with Gasteiger partial charge in [0.25, 0.3) is 0 Å². The SMILES string of the molecule is CCCCCCCCCCCCCCCCCCC1CCCCCCCCCCCCCCCCCCCCC1. The van der Waals surface area contributed by atoms with Crippen LogP contribution >= 0.6 is 0 Å². The molecule has 1 fully saturated rings. The predicted octanol–water partition coefficient (Wildman–Crippen LogP) is 15.5. The summed E-state index contributed by atoms with van der Waals surface area (Å²) in [5.74, 6) is 1.05. The molecule has 0 radical (unpaired) electrons. The van der Waals surface area contributed by atoms with Crippen molar-refractivity contribution >= 4 is 0 Å². The van der Waals surface area contributed by atoms with Crippen molar-refractivity contribution in [2.24, 2.45) is 5.92 Å². The summed E-state index contributed by atoms with van der Waals surface area (Å²) in [6, 6.07) is 0. The van der Waals surface area contributed by atoms with Crippen LogP contribution in [0.25, 0.3) is 0 Å². The molecule has 0 spiro atoms. The molecule has 1 aliphatic rings. The van der Waals surface area contributed by atoms with Crippen molar-refractivity contribution in [2.45, 2.75) is 251 Å². The summed E-state index contributed by atoms with van der Waals surface area (Å²) in [7, 11) is 0. The predicted molar refractivity (Wildman–Crippen MR) is 185 cm³/mol. The molecule has 0 saturated heterocycles. The number of rotatable bonds is 17. The van der Waals surface area contributed by atoms with Crippen LogP contribution in [0.5, 0.6) is 0 Å². The van der Waals surface area contributed by atoms with Gasteiger partial charge >= 0.3 is 0 Å². The lowest BCUT2D eigenvalue weighted by Crippen LogP contribution is -2.01. The number of hydrogen-bond acceptors (Lipinski definition) is 0. The molecule has 0 heteroatoms. The van der Waals surface area contributed by atoms with Crippen molar-refractivity contribution < 1.29 is 0 Å². The summed E-state index contributed by atoms with van der Waals surface area (Å²) in [5, 5.41) is 0.